The molecule has 2 saturated heterocycles. The summed E-state index contributed by atoms with van der Waals surface area (Å²) >= 11 is 1.69. The molecule has 0 radical (unpaired) electrons. The molecule has 1 N–H and O–H groups in total. The van der Waals surface area contributed by atoms with E-state index < -0.39 is 0 Å². The van der Waals surface area contributed by atoms with Crippen molar-refractivity contribution in [1.29, 1.82) is 0 Å². The van der Waals surface area contributed by atoms with Crippen LogP contribution in [0.3, 0.4) is 0 Å². The Bertz CT molecular complexity index is 972. The Morgan fingerprint density at radius 2 is 2.04 bits per heavy atom. The molecule has 8 heteroatoms. The predicted molar refractivity (Wildman–Crippen MR) is 109 cm³/mol. The van der Waals surface area contributed by atoms with Crippen molar-refractivity contribution in [3.05, 3.63) is 40.7 Å². The highest BCUT2D eigenvalue weighted by Gasteiger charge is 2.35. The Morgan fingerprint density at radius 1 is 1.21 bits per heavy atom. The van der Waals surface area contributed by atoms with Gasteiger partial charge < -0.3 is 10.2 Å². The molecule has 0 aliphatic carbocycles. The zero-order valence-electron chi connectivity index (χ0n) is 16.0. The van der Waals surface area contributed by atoms with Gasteiger partial charge >= 0.3 is 0 Å². The fourth-order valence-corrected chi connectivity index (χ4v) is 5.49. The van der Waals surface area contributed by atoms with E-state index in [9.17, 15) is 4.79 Å². The average molecular weight is 397 g/mol. The van der Waals surface area contributed by atoms with Gasteiger partial charge in [-0.2, -0.15) is 0 Å². The van der Waals surface area contributed by atoms with Crippen LogP contribution in [0.1, 0.15) is 59.0 Å². The van der Waals surface area contributed by atoms with Crippen molar-refractivity contribution in [2.24, 2.45) is 0 Å². The number of fused-ring (bicyclic) bond motifs is 1. The van der Waals surface area contributed by atoms with Gasteiger partial charge in [-0.3, -0.25) is 4.79 Å². The first-order valence-electron chi connectivity index (χ1n) is 10.0. The number of thiazole rings is 1. The molecular weight excluding hydrogens is 372 g/mol. The fraction of sp³-hybridized carbons (Fsp3) is 0.500. The smallest absolute Gasteiger partial charge is 0.276 e. The lowest BCUT2D eigenvalue weighted by molar-refractivity contribution is 0.0728. The molecule has 146 valence electrons. The molecule has 0 saturated carbocycles. The van der Waals surface area contributed by atoms with Crippen molar-refractivity contribution < 1.29 is 4.79 Å². The minimum atomic E-state index is -0.0144. The molecule has 1 atom stereocenters. The Labute approximate surface area is 167 Å². The standard InChI is InChI=1S/C20H24N6OS/c1-13-18(23-24-26(13)14-8-10-21-11-9-14)20(27)25-12-4-6-16(25)19-22-15-5-2-3-7-17(15)28-19/h2-3,5,7,14,16,21H,4,6,8-12H2,1H3. The van der Waals surface area contributed by atoms with E-state index in [0.29, 0.717) is 11.7 Å². The second-order valence-corrected chi connectivity index (χ2v) is 8.69. The monoisotopic (exact) mass is 396 g/mol. The summed E-state index contributed by atoms with van der Waals surface area (Å²) in [4.78, 5) is 20.1. The number of nitrogens with one attached hydrogen (secondary N) is 1. The first-order valence-corrected chi connectivity index (χ1v) is 10.8. The molecule has 7 nitrogen and oxygen atoms in total. The largest absolute Gasteiger partial charge is 0.328 e. The van der Waals surface area contributed by atoms with Gasteiger partial charge in [0.15, 0.2) is 5.69 Å². The maximum Gasteiger partial charge on any atom is 0.276 e. The van der Waals surface area contributed by atoms with E-state index in [-0.39, 0.29) is 11.9 Å². The summed E-state index contributed by atoms with van der Waals surface area (Å²) in [5.74, 6) is -0.0144. The highest BCUT2D eigenvalue weighted by Crippen LogP contribution is 2.37. The molecule has 1 aromatic carbocycles. The van der Waals surface area contributed by atoms with Crippen molar-refractivity contribution in [1.82, 2.24) is 30.2 Å². The van der Waals surface area contributed by atoms with E-state index >= 15 is 0 Å². The first-order chi connectivity index (χ1) is 13.7. The molecule has 0 bridgehead atoms. The van der Waals surface area contributed by atoms with Crippen LogP contribution in [0.15, 0.2) is 24.3 Å². The van der Waals surface area contributed by atoms with Gasteiger partial charge in [-0.25, -0.2) is 9.67 Å². The van der Waals surface area contributed by atoms with Crippen LogP contribution in [0.25, 0.3) is 10.2 Å². The summed E-state index contributed by atoms with van der Waals surface area (Å²) in [6.45, 7) is 4.69. The first kappa shape index (κ1) is 17.8. The number of carbonyl (C=O) groups is 1. The minimum Gasteiger partial charge on any atom is -0.328 e. The normalized spacial score (nSPS) is 20.9. The van der Waals surface area contributed by atoms with Gasteiger partial charge in [-0.1, -0.05) is 17.3 Å². The molecule has 5 rings (SSSR count). The van der Waals surface area contributed by atoms with Gasteiger partial charge in [0.2, 0.25) is 0 Å². The molecule has 3 aromatic rings. The van der Waals surface area contributed by atoms with Gasteiger partial charge in [-0.15, -0.1) is 16.4 Å². The number of amides is 1. The Kier molecular flexibility index (Phi) is 4.60. The highest BCUT2D eigenvalue weighted by atomic mass is 32.1. The van der Waals surface area contributed by atoms with Crippen molar-refractivity contribution in [3.63, 3.8) is 0 Å². The van der Waals surface area contributed by atoms with Crippen LogP contribution in [0.4, 0.5) is 0 Å². The molecule has 2 aromatic heterocycles. The molecule has 1 unspecified atom stereocenters. The molecule has 0 spiro atoms. The van der Waals surface area contributed by atoms with Crippen molar-refractivity contribution in [2.75, 3.05) is 19.6 Å². The summed E-state index contributed by atoms with van der Waals surface area (Å²) in [5.41, 5.74) is 2.38. The zero-order valence-corrected chi connectivity index (χ0v) is 16.8. The lowest BCUT2D eigenvalue weighted by atomic mass is 10.1. The van der Waals surface area contributed by atoms with Gasteiger partial charge in [-0.05, 0) is 57.8 Å². The molecule has 2 fully saturated rings. The molecule has 2 aliphatic rings. The highest BCUT2D eigenvalue weighted by molar-refractivity contribution is 7.18. The number of likely N-dealkylation sites (tertiary alicyclic amines) is 1. The molecule has 28 heavy (non-hydrogen) atoms. The summed E-state index contributed by atoms with van der Waals surface area (Å²) < 4.78 is 3.13. The number of aromatic nitrogens is 4. The van der Waals surface area contributed by atoms with E-state index in [1.165, 1.54) is 4.70 Å². The van der Waals surface area contributed by atoms with Crippen molar-refractivity contribution in [3.8, 4) is 0 Å². The second-order valence-electron chi connectivity index (χ2n) is 7.63. The van der Waals surface area contributed by atoms with Crippen LogP contribution in [-0.4, -0.2) is 50.4 Å². The minimum absolute atomic E-state index is 0.0144. The lowest BCUT2D eigenvalue weighted by Crippen LogP contribution is -2.32. The predicted octanol–water partition coefficient (Wildman–Crippen LogP) is 3.10. The third-order valence-corrected chi connectivity index (χ3v) is 7.03. The molecule has 1 amide bonds. The SMILES string of the molecule is Cc1c(C(=O)N2CCCC2c2nc3ccccc3s2)nnn1C1CCNCC1. The Balaban J connectivity index is 1.42. The summed E-state index contributed by atoms with van der Waals surface area (Å²) in [7, 11) is 0. The van der Waals surface area contributed by atoms with Gasteiger partial charge in [0.25, 0.3) is 5.91 Å². The number of hydrogen-bond donors (Lipinski definition) is 1. The molecular formula is C20H24N6OS. The fourth-order valence-electron chi connectivity index (χ4n) is 4.37. The van der Waals surface area contributed by atoms with Crippen LogP contribution >= 0.6 is 11.3 Å². The third-order valence-electron chi connectivity index (χ3n) is 5.89. The van der Waals surface area contributed by atoms with Crippen LogP contribution in [-0.2, 0) is 0 Å². The number of nitrogens with zero attached hydrogens (tertiary/aromatic N) is 5. The van der Waals surface area contributed by atoms with Gasteiger partial charge in [0, 0.05) is 6.54 Å². The Hall–Kier alpha value is -2.32. The van der Waals surface area contributed by atoms with Gasteiger partial charge in [0.05, 0.1) is 28.0 Å². The lowest BCUT2D eigenvalue weighted by Gasteiger charge is -2.24. The number of para-hydroxylation sites is 1. The Morgan fingerprint density at radius 3 is 2.86 bits per heavy atom. The molecule has 4 heterocycles. The average Bonchev–Trinajstić information content (AvgIpc) is 3.45. The quantitative estimate of drug-likeness (QED) is 0.736. The second kappa shape index (κ2) is 7.25. The van der Waals surface area contributed by atoms with E-state index in [1.807, 2.05) is 34.7 Å². The number of rotatable bonds is 3. The van der Waals surface area contributed by atoms with E-state index in [2.05, 4.69) is 21.7 Å². The number of benzene rings is 1. The summed E-state index contributed by atoms with van der Waals surface area (Å²) in [6, 6.07) is 8.52. The van der Waals surface area contributed by atoms with Crippen molar-refractivity contribution in [2.45, 2.75) is 44.7 Å². The maximum atomic E-state index is 13.3. The van der Waals surface area contributed by atoms with E-state index in [4.69, 9.17) is 4.98 Å². The summed E-state index contributed by atoms with van der Waals surface area (Å²) in [6.07, 6.45) is 3.99. The van der Waals surface area contributed by atoms with Crippen LogP contribution < -0.4 is 5.32 Å². The zero-order chi connectivity index (χ0) is 19.1. The number of carbonyl (C=O) groups excluding carboxylic acids is 1. The summed E-state index contributed by atoms with van der Waals surface area (Å²) in [5, 5.41) is 13.0. The van der Waals surface area contributed by atoms with Crippen molar-refractivity contribution >= 4 is 27.5 Å². The van der Waals surface area contributed by atoms with Crippen LogP contribution in [0.5, 0.6) is 0 Å². The molecule has 2 aliphatic heterocycles. The number of hydrogen-bond acceptors (Lipinski definition) is 6. The van der Waals surface area contributed by atoms with Crippen LogP contribution in [0, 0.1) is 6.92 Å². The number of piperidine rings is 1. The van der Waals surface area contributed by atoms with Crippen LogP contribution in [0.2, 0.25) is 0 Å². The van der Waals surface area contributed by atoms with E-state index in [1.54, 1.807) is 11.3 Å². The topological polar surface area (TPSA) is 75.9 Å². The third kappa shape index (κ3) is 3.00. The van der Waals surface area contributed by atoms with E-state index in [0.717, 1.165) is 61.5 Å². The van der Waals surface area contributed by atoms with Gasteiger partial charge in [0.1, 0.15) is 5.01 Å². The maximum absolute atomic E-state index is 13.3.